The van der Waals surface area contributed by atoms with Crippen molar-refractivity contribution in [3.8, 4) is 5.75 Å². The lowest BCUT2D eigenvalue weighted by atomic mass is 10.1. The molecule has 3 N–H and O–H groups in total. The third kappa shape index (κ3) is 6.42. The van der Waals surface area contributed by atoms with Crippen molar-refractivity contribution in [3.05, 3.63) is 24.0 Å². The number of fused-ring (bicyclic) bond motifs is 1. The van der Waals surface area contributed by atoms with Crippen LogP contribution in [0.4, 0.5) is 0 Å². The fourth-order valence-corrected chi connectivity index (χ4v) is 3.31. The summed E-state index contributed by atoms with van der Waals surface area (Å²) in [5.41, 5.74) is 0.839. The average Bonchev–Trinajstić information content (AvgIpc) is 3.54. The van der Waals surface area contributed by atoms with Crippen molar-refractivity contribution in [1.29, 1.82) is 0 Å². The summed E-state index contributed by atoms with van der Waals surface area (Å²) < 4.78 is 5.88. The molecule has 0 spiro atoms. The van der Waals surface area contributed by atoms with Crippen LogP contribution in [0.15, 0.2) is 18.3 Å². The van der Waals surface area contributed by atoms with Crippen LogP contribution in [0.5, 0.6) is 5.75 Å². The largest absolute Gasteiger partial charge is 0.490 e. The number of pyridine rings is 1. The van der Waals surface area contributed by atoms with E-state index in [0.29, 0.717) is 38.5 Å². The average molecular weight is 403 g/mol. The van der Waals surface area contributed by atoms with Crippen LogP contribution < -0.4 is 20.7 Å². The van der Waals surface area contributed by atoms with Crippen molar-refractivity contribution in [1.82, 2.24) is 25.8 Å². The summed E-state index contributed by atoms with van der Waals surface area (Å²) in [7, 11) is 1.61. The Labute approximate surface area is 170 Å². The predicted molar refractivity (Wildman–Crippen MR) is 106 cm³/mol. The van der Waals surface area contributed by atoms with Crippen molar-refractivity contribution in [2.24, 2.45) is 5.92 Å². The van der Waals surface area contributed by atoms with Crippen LogP contribution in [0, 0.1) is 5.92 Å². The van der Waals surface area contributed by atoms with E-state index >= 15 is 0 Å². The Balaban J connectivity index is 1.67. The van der Waals surface area contributed by atoms with Crippen molar-refractivity contribution >= 4 is 17.7 Å². The lowest BCUT2D eigenvalue weighted by Gasteiger charge is -2.24. The number of likely N-dealkylation sites (N-methyl/N-ethyl adjacent to an activating group) is 1. The van der Waals surface area contributed by atoms with E-state index in [4.69, 9.17) is 4.74 Å². The summed E-state index contributed by atoms with van der Waals surface area (Å²) in [4.78, 5) is 42.5. The fraction of sp³-hybridized carbons (Fsp3) is 0.600. The number of carbonyl (C=O) groups is 3. The molecule has 3 rings (SSSR count). The first kappa shape index (κ1) is 21.0. The highest BCUT2D eigenvalue weighted by molar-refractivity contribution is 5.89. The number of aryl methyl sites for hydroxylation is 1. The third-order valence-electron chi connectivity index (χ3n) is 5.05. The van der Waals surface area contributed by atoms with E-state index < -0.39 is 0 Å². The summed E-state index contributed by atoms with van der Waals surface area (Å²) in [6.45, 7) is 1.23. The van der Waals surface area contributed by atoms with Crippen LogP contribution in [0.2, 0.25) is 0 Å². The Hall–Kier alpha value is -2.68. The Morgan fingerprint density at radius 2 is 1.97 bits per heavy atom. The minimum absolute atomic E-state index is 0.0768. The van der Waals surface area contributed by atoms with E-state index in [1.165, 1.54) is 4.90 Å². The number of aromatic nitrogens is 1. The molecule has 1 aromatic heterocycles. The first-order valence-electron chi connectivity index (χ1n) is 10.1. The fourth-order valence-electron chi connectivity index (χ4n) is 3.31. The summed E-state index contributed by atoms with van der Waals surface area (Å²) in [6, 6.07) is 3.38. The zero-order chi connectivity index (χ0) is 20.6. The maximum atomic E-state index is 12.8. The van der Waals surface area contributed by atoms with Gasteiger partial charge in [0.25, 0.3) is 0 Å². The van der Waals surface area contributed by atoms with E-state index in [1.807, 2.05) is 12.1 Å². The molecule has 0 bridgehead atoms. The Bertz CT molecular complexity index is 737. The van der Waals surface area contributed by atoms with Gasteiger partial charge >= 0.3 is 0 Å². The second-order valence-corrected chi connectivity index (χ2v) is 7.49. The van der Waals surface area contributed by atoms with Gasteiger partial charge in [-0.1, -0.05) is 0 Å². The van der Waals surface area contributed by atoms with Crippen molar-refractivity contribution in [2.75, 3.05) is 39.8 Å². The molecule has 2 heterocycles. The van der Waals surface area contributed by atoms with Crippen molar-refractivity contribution < 1.29 is 19.1 Å². The number of nitrogens with one attached hydrogen (secondary N) is 3. The molecule has 1 aromatic rings. The van der Waals surface area contributed by atoms with Crippen LogP contribution in [-0.2, 0) is 20.8 Å². The first-order valence-corrected chi connectivity index (χ1v) is 10.1. The van der Waals surface area contributed by atoms with Gasteiger partial charge in [-0.05, 0) is 43.7 Å². The summed E-state index contributed by atoms with van der Waals surface area (Å²) in [5, 5.41) is 8.63. The summed E-state index contributed by atoms with van der Waals surface area (Å²) in [6.07, 6.45) is 5.10. The van der Waals surface area contributed by atoms with Gasteiger partial charge in [0.15, 0.2) is 0 Å². The molecule has 1 aliphatic carbocycles. The van der Waals surface area contributed by atoms with E-state index in [1.54, 1.807) is 13.2 Å². The monoisotopic (exact) mass is 403 g/mol. The molecular formula is C20H29N5O4. The molecule has 1 unspecified atom stereocenters. The van der Waals surface area contributed by atoms with Gasteiger partial charge in [0.05, 0.1) is 24.8 Å². The van der Waals surface area contributed by atoms with E-state index in [0.717, 1.165) is 24.3 Å². The molecule has 0 saturated heterocycles. The van der Waals surface area contributed by atoms with Gasteiger partial charge in [0.1, 0.15) is 12.4 Å². The molecule has 0 aromatic carbocycles. The molecule has 9 nitrogen and oxygen atoms in total. The van der Waals surface area contributed by atoms with E-state index in [-0.39, 0.29) is 36.9 Å². The molecular weight excluding hydrogens is 374 g/mol. The number of amides is 3. The highest BCUT2D eigenvalue weighted by Gasteiger charge is 2.37. The third-order valence-corrected chi connectivity index (χ3v) is 5.05. The Kier molecular flexibility index (Phi) is 7.40. The molecule has 29 heavy (non-hydrogen) atoms. The van der Waals surface area contributed by atoms with Gasteiger partial charge in [0, 0.05) is 26.3 Å². The molecule has 1 atom stereocenters. The van der Waals surface area contributed by atoms with Gasteiger partial charge in [-0.3, -0.25) is 19.4 Å². The second-order valence-electron chi connectivity index (χ2n) is 7.49. The van der Waals surface area contributed by atoms with Gasteiger partial charge in [-0.15, -0.1) is 0 Å². The molecule has 2 aliphatic rings. The van der Waals surface area contributed by atoms with Gasteiger partial charge in [-0.2, -0.15) is 0 Å². The van der Waals surface area contributed by atoms with E-state index in [9.17, 15) is 14.4 Å². The van der Waals surface area contributed by atoms with Crippen LogP contribution >= 0.6 is 0 Å². The number of carbonyl (C=O) groups excluding carboxylic acids is 3. The number of ether oxygens (including phenoxy) is 1. The number of hydrogen-bond donors (Lipinski definition) is 3. The quantitative estimate of drug-likeness (QED) is 0.581. The van der Waals surface area contributed by atoms with Crippen LogP contribution in [0.3, 0.4) is 0 Å². The minimum atomic E-state index is -0.354. The maximum absolute atomic E-state index is 12.8. The molecule has 158 valence electrons. The lowest BCUT2D eigenvalue weighted by molar-refractivity contribution is -0.137. The standard InChI is InChI=1S/C20H29N5O4/c1-25-13-18(27)24-12-17(26)22-9-2-4-15-16(5-3-8-21-15)29-11-10-23-19(20(25)28)14-6-7-14/h3,5,8,14,19,23H,2,4,6-7,9-13H2,1H3,(H,22,26)(H,24,27). The molecule has 9 heteroatoms. The molecule has 1 saturated carbocycles. The Morgan fingerprint density at radius 1 is 1.14 bits per heavy atom. The smallest absolute Gasteiger partial charge is 0.240 e. The van der Waals surface area contributed by atoms with Crippen LogP contribution in [0.1, 0.15) is 25.0 Å². The Morgan fingerprint density at radius 3 is 2.76 bits per heavy atom. The maximum Gasteiger partial charge on any atom is 0.240 e. The highest BCUT2D eigenvalue weighted by atomic mass is 16.5. The number of nitrogens with zero attached hydrogens (tertiary/aromatic N) is 2. The number of rotatable bonds is 1. The minimum Gasteiger partial charge on any atom is -0.490 e. The summed E-state index contributed by atoms with van der Waals surface area (Å²) >= 11 is 0. The molecule has 3 amide bonds. The topological polar surface area (TPSA) is 113 Å². The molecule has 1 aliphatic heterocycles. The predicted octanol–water partition coefficient (Wildman–Crippen LogP) is -0.534. The zero-order valence-corrected chi connectivity index (χ0v) is 16.8. The van der Waals surface area contributed by atoms with Crippen molar-refractivity contribution in [2.45, 2.75) is 31.7 Å². The van der Waals surface area contributed by atoms with Gasteiger partial charge in [0.2, 0.25) is 17.7 Å². The first-order chi connectivity index (χ1) is 14.0. The molecule has 1 fully saturated rings. The summed E-state index contributed by atoms with van der Waals surface area (Å²) in [5.74, 6) is 0.283. The van der Waals surface area contributed by atoms with Crippen molar-refractivity contribution in [3.63, 3.8) is 0 Å². The zero-order valence-electron chi connectivity index (χ0n) is 16.8. The normalized spacial score (nSPS) is 23.1. The lowest BCUT2D eigenvalue weighted by Crippen LogP contribution is -2.50. The molecule has 0 radical (unpaired) electrons. The number of hydrogen-bond acceptors (Lipinski definition) is 6. The van der Waals surface area contributed by atoms with Gasteiger partial charge < -0.3 is 25.6 Å². The SMILES string of the molecule is CN1CC(=O)NCC(=O)NCCCc2ncccc2OCCNC(C2CC2)C1=O. The van der Waals surface area contributed by atoms with E-state index in [2.05, 4.69) is 20.9 Å². The highest BCUT2D eigenvalue weighted by Crippen LogP contribution is 2.33. The van der Waals surface area contributed by atoms with Crippen LogP contribution in [-0.4, -0.2) is 73.5 Å². The second kappa shape index (κ2) is 10.2. The van der Waals surface area contributed by atoms with Gasteiger partial charge in [-0.25, -0.2) is 0 Å². The van der Waals surface area contributed by atoms with Crippen LogP contribution in [0.25, 0.3) is 0 Å².